The molecule has 8 heteroatoms. The molecule has 1 aliphatic heterocycles. The lowest BCUT2D eigenvalue weighted by molar-refractivity contribution is -0.136. The molecule has 6 nitrogen and oxygen atoms in total. The van der Waals surface area contributed by atoms with Crippen LogP contribution in [-0.4, -0.2) is 52.1 Å². The Hall–Kier alpha value is -1.99. The van der Waals surface area contributed by atoms with Crippen LogP contribution in [0, 0.1) is 11.8 Å². The average molecular weight is 326 g/mol. The van der Waals surface area contributed by atoms with E-state index in [1.807, 2.05) is 0 Å². The zero-order chi connectivity index (χ0) is 16.6. The minimum Gasteiger partial charge on any atom is -0.352 e. The van der Waals surface area contributed by atoms with Crippen LogP contribution < -0.4 is 5.32 Å². The molecule has 2 fully saturated rings. The molecule has 1 aromatic rings. The Kier molecular flexibility index (Phi) is 4.08. The number of amides is 2. The van der Waals surface area contributed by atoms with Crippen molar-refractivity contribution in [1.82, 2.24) is 20.0 Å². The van der Waals surface area contributed by atoms with Crippen molar-refractivity contribution in [3.8, 4) is 0 Å². The van der Waals surface area contributed by atoms with Crippen molar-refractivity contribution in [3.63, 3.8) is 0 Å². The van der Waals surface area contributed by atoms with Crippen LogP contribution in [0.4, 0.5) is 8.78 Å². The van der Waals surface area contributed by atoms with Crippen LogP contribution in [0.3, 0.4) is 0 Å². The van der Waals surface area contributed by atoms with Gasteiger partial charge in [0.15, 0.2) is 0 Å². The number of rotatable bonds is 4. The zero-order valence-corrected chi connectivity index (χ0v) is 13.0. The number of nitrogens with one attached hydrogen (secondary N) is 1. The molecule has 0 bridgehead atoms. The van der Waals surface area contributed by atoms with E-state index in [0.717, 1.165) is 12.8 Å². The third kappa shape index (κ3) is 3.51. The van der Waals surface area contributed by atoms with E-state index in [9.17, 15) is 18.4 Å². The van der Waals surface area contributed by atoms with Crippen molar-refractivity contribution in [2.75, 3.05) is 19.6 Å². The van der Waals surface area contributed by atoms with Gasteiger partial charge >= 0.3 is 0 Å². The predicted octanol–water partition coefficient (Wildman–Crippen LogP) is 1.04. The van der Waals surface area contributed by atoms with Crippen LogP contribution in [0.5, 0.6) is 0 Å². The van der Waals surface area contributed by atoms with E-state index in [0.29, 0.717) is 25.2 Å². The summed E-state index contributed by atoms with van der Waals surface area (Å²) in [6.07, 6.45) is 4.28. The maximum absolute atomic E-state index is 12.9. The van der Waals surface area contributed by atoms with Crippen LogP contribution in [0.1, 0.15) is 29.6 Å². The van der Waals surface area contributed by atoms with Gasteiger partial charge in [0.2, 0.25) is 5.91 Å². The Bertz CT molecular complexity index is 608. The first-order valence-corrected chi connectivity index (χ1v) is 7.80. The summed E-state index contributed by atoms with van der Waals surface area (Å²) >= 11 is 0. The summed E-state index contributed by atoms with van der Waals surface area (Å²) in [6.45, 7) is 1.49. The van der Waals surface area contributed by atoms with Crippen molar-refractivity contribution in [2.24, 2.45) is 18.9 Å². The molecule has 1 saturated carbocycles. The molecular formula is C15H20F2N4O2. The molecule has 2 aliphatic rings. The maximum atomic E-state index is 12.9. The first kappa shape index (κ1) is 15.9. The van der Waals surface area contributed by atoms with E-state index in [4.69, 9.17) is 0 Å². The largest absolute Gasteiger partial charge is 0.352 e. The number of carbonyl (C=O) groups is 2. The molecule has 1 N–H and O–H groups in total. The Balaban J connectivity index is 1.41. The van der Waals surface area contributed by atoms with Crippen molar-refractivity contribution in [3.05, 3.63) is 18.0 Å². The molecule has 0 radical (unpaired) electrons. The van der Waals surface area contributed by atoms with Gasteiger partial charge in [-0.1, -0.05) is 0 Å². The lowest BCUT2D eigenvalue weighted by Gasteiger charge is -2.32. The van der Waals surface area contributed by atoms with Crippen LogP contribution in [0.25, 0.3) is 0 Å². The topological polar surface area (TPSA) is 67.2 Å². The van der Waals surface area contributed by atoms with Gasteiger partial charge in [0, 0.05) is 39.3 Å². The Labute approximate surface area is 132 Å². The van der Waals surface area contributed by atoms with E-state index in [1.54, 1.807) is 17.9 Å². The van der Waals surface area contributed by atoms with Crippen LogP contribution >= 0.6 is 0 Å². The molecule has 1 atom stereocenters. The molecule has 2 amide bonds. The van der Waals surface area contributed by atoms with Crippen LogP contribution in [0.15, 0.2) is 12.4 Å². The van der Waals surface area contributed by atoms with Crippen molar-refractivity contribution in [1.29, 1.82) is 0 Å². The standard InChI is InChI=1S/C15H20F2N4O2/c1-20-9-11(8-19-20)13(22)18-7-10-2-4-21(5-3-10)14(23)12-6-15(12,16)17/h8-10,12H,2-7H2,1H3,(H,18,22). The molecule has 1 aromatic heterocycles. The van der Waals surface area contributed by atoms with Gasteiger partial charge in [0.05, 0.1) is 11.8 Å². The van der Waals surface area contributed by atoms with Gasteiger partial charge in [0.1, 0.15) is 5.92 Å². The summed E-state index contributed by atoms with van der Waals surface area (Å²) in [7, 11) is 1.74. The summed E-state index contributed by atoms with van der Waals surface area (Å²) in [6, 6.07) is 0. The second-order valence-electron chi connectivity index (χ2n) is 6.40. The average Bonchev–Trinajstić information content (AvgIpc) is 2.94. The Morgan fingerprint density at radius 1 is 1.39 bits per heavy atom. The molecule has 2 heterocycles. The molecule has 0 aromatic carbocycles. The second-order valence-corrected chi connectivity index (χ2v) is 6.40. The molecule has 23 heavy (non-hydrogen) atoms. The highest BCUT2D eigenvalue weighted by atomic mass is 19.3. The lowest BCUT2D eigenvalue weighted by Crippen LogP contribution is -2.42. The van der Waals surface area contributed by atoms with Gasteiger partial charge in [-0.2, -0.15) is 5.10 Å². The molecule has 1 saturated heterocycles. The number of likely N-dealkylation sites (tertiary alicyclic amines) is 1. The SMILES string of the molecule is Cn1cc(C(=O)NCC2CCN(C(=O)C3CC3(F)F)CC2)cn1. The van der Waals surface area contributed by atoms with E-state index >= 15 is 0 Å². The summed E-state index contributed by atoms with van der Waals surface area (Å²) in [5, 5.41) is 6.80. The number of hydrogen-bond donors (Lipinski definition) is 1. The molecule has 0 spiro atoms. The van der Waals surface area contributed by atoms with Gasteiger partial charge in [-0.15, -0.1) is 0 Å². The summed E-state index contributed by atoms with van der Waals surface area (Å²) < 4.78 is 27.5. The number of aromatic nitrogens is 2. The van der Waals surface area contributed by atoms with E-state index < -0.39 is 17.7 Å². The number of alkyl halides is 2. The third-order valence-electron chi connectivity index (χ3n) is 4.57. The minimum absolute atomic E-state index is 0.172. The first-order chi connectivity index (χ1) is 10.9. The van der Waals surface area contributed by atoms with E-state index in [1.165, 1.54) is 11.1 Å². The molecule has 3 rings (SSSR count). The highest BCUT2D eigenvalue weighted by Crippen LogP contribution is 2.49. The highest BCUT2D eigenvalue weighted by molar-refractivity contribution is 5.93. The number of nitrogens with zero attached hydrogens (tertiary/aromatic N) is 3. The summed E-state index contributed by atoms with van der Waals surface area (Å²) in [5.74, 6) is -4.24. The fourth-order valence-electron chi connectivity index (χ4n) is 2.94. The number of piperidine rings is 1. The summed E-state index contributed by atoms with van der Waals surface area (Å²) in [5.41, 5.74) is 0.510. The normalized spacial score (nSPS) is 23.6. The molecular weight excluding hydrogens is 306 g/mol. The Morgan fingerprint density at radius 2 is 2.04 bits per heavy atom. The van der Waals surface area contributed by atoms with Gasteiger partial charge in [0.25, 0.3) is 11.8 Å². The van der Waals surface area contributed by atoms with Gasteiger partial charge in [-0.25, -0.2) is 8.78 Å². The molecule has 1 unspecified atom stereocenters. The smallest absolute Gasteiger partial charge is 0.260 e. The number of halogens is 2. The van der Waals surface area contributed by atoms with E-state index in [2.05, 4.69) is 10.4 Å². The first-order valence-electron chi connectivity index (χ1n) is 7.80. The van der Waals surface area contributed by atoms with Crippen molar-refractivity contribution >= 4 is 11.8 Å². The molecule has 1 aliphatic carbocycles. The number of hydrogen-bond acceptors (Lipinski definition) is 3. The van der Waals surface area contributed by atoms with Crippen LogP contribution in [-0.2, 0) is 11.8 Å². The zero-order valence-electron chi connectivity index (χ0n) is 13.0. The van der Waals surface area contributed by atoms with Gasteiger partial charge < -0.3 is 10.2 Å². The minimum atomic E-state index is -2.80. The Morgan fingerprint density at radius 3 is 2.57 bits per heavy atom. The number of carbonyl (C=O) groups excluding carboxylic acids is 2. The fourth-order valence-corrected chi connectivity index (χ4v) is 2.94. The fraction of sp³-hybridized carbons (Fsp3) is 0.667. The number of aryl methyl sites for hydroxylation is 1. The van der Waals surface area contributed by atoms with Crippen molar-refractivity contribution in [2.45, 2.75) is 25.2 Å². The quantitative estimate of drug-likeness (QED) is 0.899. The maximum Gasteiger partial charge on any atom is 0.260 e. The second kappa shape index (κ2) is 5.90. The van der Waals surface area contributed by atoms with Crippen LogP contribution in [0.2, 0.25) is 0 Å². The van der Waals surface area contributed by atoms with Gasteiger partial charge in [-0.3, -0.25) is 14.3 Å². The summed E-state index contributed by atoms with van der Waals surface area (Å²) in [4.78, 5) is 25.4. The lowest BCUT2D eigenvalue weighted by atomic mass is 9.96. The van der Waals surface area contributed by atoms with Crippen molar-refractivity contribution < 1.29 is 18.4 Å². The van der Waals surface area contributed by atoms with E-state index in [-0.39, 0.29) is 18.2 Å². The molecule has 126 valence electrons. The van der Waals surface area contributed by atoms with Gasteiger partial charge in [-0.05, 0) is 18.8 Å². The monoisotopic (exact) mass is 326 g/mol. The predicted molar refractivity (Wildman–Crippen MR) is 77.9 cm³/mol. The highest BCUT2D eigenvalue weighted by Gasteiger charge is 2.62. The third-order valence-corrected chi connectivity index (χ3v) is 4.57.